The molecule has 1 aliphatic heterocycles. The van der Waals surface area contributed by atoms with Gasteiger partial charge in [0.05, 0.1) is 23.6 Å². The number of para-hydroxylation sites is 1. The van der Waals surface area contributed by atoms with Crippen molar-refractivity contribution in [2.24, 2.45) is 7.05 Å². The summed E-state index contributed by atoms with van der Waals surface area (Å²) >= 11 is 0. The van der Waals surface area contributed by atoms with Gasteiger partial charge in [-0.1, -0.05) is 30.3 Å². The Hall–Kier alpha value is -3.08. The zero-order valence-electron chi connectivity index (χ0n) is 15.4. The number of aromatic nitrogens is 1. The zero-order chi connectivity index (χ0) is 19.1. The van der Waals surface area contributed by atoms with Crippen LogP contribution < -0.4 is 10.3 Å². The monoisotopic (exact) mass is 363 g/mol. The van der Waals surface area contributed by atoms with E-state index in [1.165, 1.54) is 0 Å². The fourth-order valence-corrected chi connectivity index (χ4v) is 3.86. The number of carboxylic acids is 1. The lowest BCUT2D eigenvalue weighted by Gasteiger charge is -2.25. The Kier molecular flexibility index (Phi) is 4.22. The van der Waals surface area contributed by atoms with Gasteiger partial charge in [0.2, 0.25) is 0 Å². The van der Waals surface area contributed by atoms with E-state index in [2.05, 4.69) is 0 Å². The van der Waals surface area contributed by atoms with Crippen LogP contribution in [0.5, 0.6) is 5.75 Å². The van der Waals surface area contributed by atoms with Gasteiger partial charge in [-0.15, -0.1) is 0 Å². The van der Waals surface area contributed by atoms with E-state index in [0.717, 1.165) is 40.4 Å². The van der Waals surface area contributed by atoms with E-state index in [1.807, 2.05) is 42.5 Å². The van der Waals surface area contributed by atoms with Gasteiger partial charge in [0.15, 0.2) is 0 Å². The molecule has 0 radical (unpaired) electrons. The molecule has 0 saturated heterocycles. The fraction of sp³-hybridized carbons (Fsp3) is 0.273. The predicted octanol–water partition coefficient (Wildman–Crippen LogP) is 3.72. The molecule has 1 aliphatic rings. The van der Waals surface area contributed by atoms with E-state index in [9.17, 15) is 14.7 Å². The summed E-state index contributed by atoms with van der Waals surface area (Å²) in [6.07, 6.45) is 1.59. The summed E-state index contributed by atoms with van der Waals surface area (Å²) in [5.74, 6) is -0.828. The first-order valence-corrected chi connectivity index (χ1v) is 9.09. The summed E-state index contributed by atoms with van der Waals surface area (Å²) in [6.45, 7) is 2.25. The number of aryl methyl sites for hydroxylation is 1. The number of benzene rings is 2. The van der Waals surface area contributed by atoms with Gasteiger partial charge in [0, 0.05) is 12.6 Å². The first-order chi connectivity index (χ1) is 13.0. The summed E-state index contributed by atoms with van der Waals surface area (Å²) < 4.78 is 7.59. The van der Waals surface area contributed by atoms with E-state index in [-0.39, 0.29) is 5.56 Å². The molecule has 1 unspecified atom stereocenters. The Morgan fingerprint density at radius 1 is 1.19 bits per heavy atom. The van der Waals surface area contributed by atoms with Crippen molar-refractivity contribution >= 4 is 16.9 Å². The number of pyridine rings is 1. The van der Waals surface area contributed by atoms with Crippen LogP contribution in [0.2, 0.25) is 0 Å². The Balaban J connectivity index is 1.98. The van der Waals surface area contributed by atoms with E-state index < -0.39 is 11.9 Å². The maximum Gasteiger partial charge on any atom is 0.310 e. The van der Waals surface area contributed by atoms with Crippen LogP contribution >= 0.6 is 0 Å². The van der Waals surface area contributed by atoms with Crippen LogP contribution in [0.25, 0.3) is 22.0 Å². The zero-order valence-corrected chi connectivity index (χ0v) is 15.4. The Labute approximate surface area is 156 Å². The average Bonchev–Trinajstić information content (AvgIpc) is 2.69. The lowest BCUT2D eigenvalue weighted by atomic mass is 9.88. The van der Waals surface area contributed by atoms with Crippen LogP contribution in [-0.4, -0.2) is 22.2 Å². The lowest BCUT2D eigenvalue weighted by molar-refractivity contribution is -0.138. The second kappa shape index (κ2) is 6.58. The SMILES string of the molecule is CC(C(=O)O)c1ccc(-c2cc3ccccc3n(C)c2=O)c2c1CCCO2. The Bertz CT molecular complexity index is 1110. The predicted molar refractivity (Wildman–Crippen MR) is 104 cm³/mol. The van der Waals surface area contributed by atoms with Crippen molar-refractivity contribution in [2.45, 2.75) is 25.7 Å². The smallest absolute Gasteiger partial charge is 0.310 e. The number of hydrogen-bond donors (Lipinski definition) is 1. The van der Waals surface area contributed by atoms with Gasteiger partial charge in [-0.3, -0.25) is 9.59 Å². The molecule has 27 heavy (non-hydrogen) atoms. The minimum Gasteiger partial charge on any atom is -0.493 e. The number of fused-ring (bicyclic) bond motifs is 2. The van der Waals surface area contributed by atoms with Crippen molar-refractivity contribution in [1.29, 1.82) is 0 Å². The number of carbonyl (C=O) groups is 1. The summed E-state index contributed by atoms with van der Waals surface area (Å²) in [6, 6.07) is 13.3. The first-order valence-electron chi connectivity index (χ1n) is 9.09. The van der Waals surface area contributed by atoms with Gasteiger partial charge < -0.3 is 14.4 Å². The highest BCUT2D eigenvalue weighted by molar-refractivity contribution is 5.86. The quantitative estimate of drug-likeness (QED) is 0.770. The number of ether oxygens (including phenoxy) is 1. The molecule has 2 heterocycles. The molecule has 0 amide bonds. The molecule has 5 nitrogen and oxygen atoms in total. The van der Waals surface area contributed by atoms with E-state index in [4.69, 9.17) is 4.74 Å². The van der Waals surface area contributed by atoms with E-state index in [0.29, 0.717) is 17.9 Å². The summed E-state index contributed by atoms with van der Waals surface area (Å²) in [7, 11) is 1.77. The van der Waals surface area contributed by atoms with Crippen LogP contribution in [0.3, 0.4) is 0 Å². The van der Waals surface area contributed by atoms with Gasteiger partial charge >= 0.3 is 5.97 Å². The molecule has 0 fully saturated rings. The normalized spacial score (nSPS) is 14.4. The maximum atomic E-state index is 13.0. The van der Waals surface area contributed by atoms with Crippen molar-refractivity contribution < 1.29 is 14.6 Å². The highest BCUT2D eigenvalue weighted by atomic mass is 16.5. The molecular formula is C22H21NO4. The van der Waals surface area contributed by atoms with E-state index in [1.54, 1.807) is 18.5 Å². The molecule has 1 N–H and O–H groups in total. The molecule has 138 valence electrons. The van der Waals surface area contributed by atoms with Crippen molar-refractivity contribution in [1.82, 2.24) is 4.57 Å². The van der Waals surface area contributed by atoms with Crippen molar-refractivity contribution in [3.8, 4) is 16.9 Å². The molecule has 1 aromatic heterocycles. The Morgan fingerprint density at radius 2 is 1.96 bits per heavy atom. The maximum absolute atomic E-state index is 13.0. The Morgan fingerprint density at radius 3 is 2.74 bits per heavy atom. The summed E-state index contributed by atoms with van der Waals surface area (Å²) in [5.41, 5.74) is 3.75. The van der Waals surface area contributed by atoms with Crippen molar-refractivity contribution in [3.05, 3.63) is 63.9 Å². The minimum absolute atomic E-state index is 0.0934. The number of aliphatic carboxylic acids is 1. The molecule has 3 aromatic rings. The molecule has 5 heteroatoms. The van der Waals surface area contributed by atoms with Crippen LogP contribution in [0.1, 0.15) is 30.4 Å². The highest BCUT2D eigenvalue weighted by Crippen LogP contribution is 2.40. The third-order valence-electron chi connectivity index (χ3n) is 5.37. The second-order valence-corrected chi connectivity index (χ2v) is 7.00. The third kappa shape index (κ3) is 2.79. The van der Waals surface area contributed by atoms with Gasteiger partial charge in [0.1, 0.15) is 5.75 Å². The van der Waals surface area contributed by atoms with Crippen molar-refractivity contribution in [2.75, 3.05) is 6.61 Å². The molecule has 4 rings (SSSR count). The number of hydrogen-bond acceptors (Lipinski definition) is 3. The van der Waals surface area contributed by atoms with Gasteiger partial charge in [-0.2, -0.15) is 0 Å². The first kappa shape index (κ1) is 17.3. The van der Waals surface area contributed by atoms with Gasteiger partial charge in [0.25, 0.3) is 5.56 Å². The van der Waals surface area contributed by atoms with Crippen LogP contribution in [0, 0.1) is 0 Å². The summed E-state index contributed by atoms with van der Waals surface area (Å²) in [5, 5.41) is 10.4. The molecule has 2 aromatic carbocycles. The van der Waals surface area contributed by atoms with E-state index >= 15 is 0 Å². The van der Waals surface area contributed by atoms with Crippen LogP contribution in [0.15, 0.2) is 47.3 Å². The van der Waals surface area contributed by atoms with Crippen molar-refractivity contribution in [3.63, 3.8) is 0 Å². The standard InChI is InChI=1S/C22H21NO4/c1-13(22(25)26)15-9-10-17(20-16(15)7-5-11-27-20)18-12-14-6-3-4-8-19(14)23(2)21(18)24/h3-4,6,8-10,12-13H,5,7,11H2,1-2H3,(H,25,26). The van der Waals surface area contributed by atoms with Crippen LogP contribution in [0.4, 0.5) is 0 Å². The van der Waals surface area contributed by atoms with Gasteiger partial charge in [-0.25, -0.2) is 0 Å². The van der Waals surface area contributed by atoms with Crippen LogP contribution in [-0.2, 0) is 18.3 Å². The molecular weight excluding hydrogens is 342 g/mol. The lowest BCUT2D eigenvalue weighted by Crippen LogP contribution is -2.21. The molecule has 0 saturated carbocycles. The largest absolute Gasteiger partial charge is 0.493 e. The molecule has 1 atom stereocenters. The third-order valence-corrected chi connectivity index (χ3v) is 5.37. The second-order valence-electron chi connectivity index (χ2n) is 7.00. The number of rotatable bonds is 3. The molecule has 0 aliphatic carbocycles. The number of carboxylic acid groups (broad SMARTS) is 1. The molecule has 0 bridgehead atoms. The molecule has 0 spiro atoms. The highest BCUT2D eigenvalue weighted by Gasteiger charge is 2.26. The van der Waals surface area contributed by atoms with Gasteiger partial charge in [-0.05, 0) is 48.4 Å². The fourth-order valence-electron chi connectivity index (χ4n) is 3.86. The summed E-state index contributed by atoms with van der Waals surface area (Å²) in [4.78, 5) is 24.5. The number of nitrogens with zero attached hydrogens (tertiary/aromatic N) is 1. The topological polar surface area (TPSA) is 68.5 Å². The minimum atomic E-state index is -0.864. The average molecular weight is 363 g/mol.